The number of ether oxygens (including phenoxy) is 2. The summed E-state index contributed by atoms with van der Waals surface area (Å²) in [6.07, 6.45) is -2.96. The van der Waals surface area contributed by atoms with Gasteiger partial charge < -0.3 is 14.4 Å². The van der Waals surface area contributed by atoms with Crippen molar-refractivity contribution in [2.45, 2.75) is 37.7 Å². The van der Waals surface area contributed by atoms with E-state index < -0.39 is 17.4 Å². The van der Waals surface area contributed by atoms with E-state index in [0.29, 0.717) is 50.9 Å². The van der Waals surface area contributed by atoms with Crippen LogP contribution in [-0.4, -0.2) is 50.3 Å². The third-order valence-electron chi connectivity index (χ3n) is 6.66. The molecule has 176 valence electrons. The van der Waals surface area contributed by atoms with Crippen LogP contribution in [0.5, 0.6) is 5.88 Å². The van der Waals surface area contributed by atoms with Gasteiger partial charge in [0.15, 0.2) is 11.4 Å². The van der Waals surface area contributed by atoms with Gasteiger partial charge in [-0.05, 0) is 18.4 Å². The number of alkyl halides is 3. The summed E-state index contributed by atoms with van der Waals surface area (Å²) in [4.78, 5) is 23.3. The molecule has 0 radical (unpaired) electrons. The van der Waals surface area contributed by atoms with Gasteiger partial charge in [-0.15, -0.1) is 0 Å². The first-order chi connectivity index (χ1) is 16.4. The number of hydrogen-bond donors (Lipinski definition) is 0. The van der Waals surface area contributed by atoms with E-state index in [2.05, 4.69) is 15.1 Å². The van der Waals surface area contributed by atoms with Crippen molar-refractivity contribution in [3.63, 3.8) is 0 Å². The molecule has 1 saturated heterocycles. The Morgan fingerprint density at radius 1 is 1.15 bits per heavy atom. The van der Waals surface area contributed by atoms with Crippen LogP contribution in [0.15, 0.2) is 36.5 Å². The first-order valence-electron chi connectivity index (χ1n) is 11.0. The van der Waals surface area contributed by atoms with Gasteiger partial charge in [0.2, 0.25) is 5.88 Å². The second-order valence-corrected chi connectivity index (χ2v) is 8.60. The molecule has 1 fully saturated rings. The van der Waals surface area contributed by atoms with Crippen LogP contribution in [-0.2, 0) is 29.6 Å². The second-order valence-electron chi connectivity index (χ2n) is 8.60. The summed E-state index contributed by atoms with van der Waals surface area (Å²) in [6, 6.07) is 9.45. The van der Waals surface area contributed by atoms with Crippen LogP contribution in [0, 0.1) is 0 Å². The van der Waals surface area contributed by atoms with Gasteiger partial charge in [-0.1, -0.05) is 30.3 Å². The molecular weight excluding hydrogens is 451 g/mol. The van der Waals surface area contributed by atoms with Crippen LogP contribution in [0.4, 0.5) is 13.2 Å². The SMILES string of the molecule is O=C(c1nn2c(c1-c1ccccc1)COCC2)N1CCC[C@@]12COc1ncc(C(F)(F)F)nc12. The van der Waals surface area contributed by atoms with Gasteiger partial charge in [-0.25, -0.2) is 9.97 Å². The lowest BCUT2D eigenvalue weighted by atomic mass is 9.93. The topological polar surface area (TPSA) is 82.4 Å². The van der Waals surface area contributed by atoms with Gasteiger partial charge in [0.25, 0.3) is 5.91 Å². The molecule has 8 nitrogen and oxygen atoms in total. The Kier molecular flexibility index (Phi) is 4.67. The summed E-state index contributed by atoms with van der Waals surface area (Å²) in [5.74, 6) is -0.331. The lowest BCUT2D eigenvalue weighted by molar-refractivity contribution is -0.141. The third kappa shape index (κ3) is 3.10. The number of aromatic nitrogens is 4. The smallest absolute Gasteiger partial charge is 0.434 e. The zero-order valence-electron chi connectivity index (χ0n) is 18.0. The minimum atomic E-state index is -4.65. The Balaban J connectivity index is 1.46. The highest BCUT2D eigenvalue weighted by molar-refractivity contribution is 6.00. The molecule has 0 bridgehead atoms. The number of carbonyl (C=O) groups excluding carboxylic acids is 1. The average Bonchev–Trinajstić information content (AvgIpc) is 3.54. The maximum absolute atomic E-state index is 14.0. The molecule has 11 heteroatoms. The van der Waals surface area contributed by atoms with Crippen molar-refractivity contribution in [1.29, 1.82) is 0 Å². The maximum Gasteiger partial charge on any atom is 0.434 e. The molecule has 1 amide bonds. The number of rotatable bonds is 2. The largest absolute Gasteiger partial charge is 0.473 e. The molecule has 1 spiro atoms. The van der Waals surface area contributed by atoms with Crippen LogP contribution in [0.3, 0.4) is 0 Å². The Bertz CT molecular complexity index is 1280. The molecule has 0 unspecified atom stereocenters. The summed E-state index contributed by atoms with van der Waals surface area (Å²) in [5.41, 5.74) is 0.402. The highest BCUT2D eigenvalue weighted by Crippen LogP contribution is 2.47. The maximum atomic E-state index is 14.0. The van der Waals surface area contributed by atoms with E-state index >= 15 is 0 Å². The molecule has 5 heterocycles. The molecule has 6 rings (SSSR count). The molecule has 1 atom stereocenters. The van der Waals surface area contributed by atoms with Gasteiger partial charge in [0.05, 0.1) is 31.6 Å². The summed E-state index contributed by atoms with van der Waals surface area (Å²) < 4.78 is 53.2. The number of fused-ring (bicyclic) bond motifs is 3. The Morgan fingerprint density at radius 2 is 1.97 bits per heavy atom. The van der Waals surface area contributed by atoms with Crippen molar-refractivity contribution < 1.29 is 27.4 Å². The summed E-state index contributed by atoms with van der Waals surface area (Å²) in [7, 11) is 0. The van der Waals surface area contributed by atoms with E-state index in [0.717, 1.165) is 11.3 Å². The fourth-order valence-electron chi connectivity index (χ4n) is 5.08. The van der Waals surface area contributed by atoms with E-state index in [1.54, 1.807) is 9.58 Å². The number of benzene rings is 1. The lowest BCUT2D eigenvalue weighted by Gasteiger charge is -2.32. The summed E-state index contributed by atoms with van der Waals surface area (Å²) >= 11 is 0. The predicted molar refractivity (Wildman–Crippen MR) is 112 cm³/mol. The van der Waals surface area contributed by atoms with E-state index in [1.807, 2.05) is 30.3 Å². The Hall–Kier alpha value is -3.47. The molecule has 34 heavy (non-hydrogen) atoms. The van der Waals surface area contributed by atoms with E-state index in [-0.39, 0.29) is 29.8 Å². The first kappa shape index (κ1) is 21.1. The van der Waals surface area contributed by atoms with E-state index in [9.17, 15) is 18.0 Å². The highest BCUT2D eigenvalue weighted by atomic mass is 19.4. The van der Waals surface area contributed by atoms with Gasteiger partial charge in [0, 0.05) is 12.1 Å². The van der Waals surface area contributed by atoms with E-state index in [1.165, 1.54) is 0 Å². The molecule has 0 N–H and O–H groups in total. The second kappa shape index (κ2) is 7.52. The van der Waals surface area contributed by atoms with Gasteiger partial charge in [-0.2, -0.15) is 18.3 Å². The molecule has 3 aliphatic heterocycles. The average molecular weight is 471 g/mol. The van der Waals surface area contributed by atoms with Crippen LogP contribution in [0.2, 0.25) is 0 Å². The van der Waals surface area contributed by atoms with Crippen LogP contribution in [0.25, 0.3) is 11.1 Å². The monoisotopic (exact) mass is 471 g/mol. The predicted octanol–water partition coefficient (Wildman–Crippen LogP) is 3.41. The molecule has 1 aromatic carbocycles. The summed E-state index contributed by atoms with van der Waals surface area (Å²) in [6.45, 7) is 1.68. The molecule has 3 aliphatic rings. The summed E-state index contributed by atoms with van der Waals surface area (Å²) in [5, 5.41) is 4.63. The molecule has 0 aliphatic carbocycles. The van der Waals surface area contributed by atoms with Crippen LogP contribution in [0.1, 0.15) is 40.4 Å². The van der Waals surface area contributed by atoms with Crippen LogP contribution < -0.4 is 4.74 Å². The highest BCUT2D eigenvalue weighted by Gasteiger charge is 2.54. The quantitative estimate of drug-likeness (QED) is 0.570. The first-order valence-corrected chi connectivity index (χ1v) is 11.0. The molecule has 3 aromatic rings. The third-order valence-corrected chi connectivity index (χ3v) is 6.66. The number of amides is 1. The zero-order chi connectivity index (χ0) is 23.5. The minimum Gasteiger partial charge on any atom is -0.473 e. The normalized spacial score (nSPS) is 21.4. The minimum absolute atomic E-state index is 0.00668. The van der Waals surface area contributed by atoms with Crippen LogP contribution >= 0.6 is 0 Å². The Morgan fingerprint density at radius 3 is 2.76 bits per heavy atom. The van der Waals surface area contributed by atoms with Gasteiger partial charge >= 0.3 is 6.18 Å². The number of carbonyl (C=O) groups is 1. The van der Waals surface area contributed by atoms with Crippen molar-refractivity contribution in [2.24, 2.45) is 0 Å². The number of likely N-dealkylation sites (tertiary alicyclic amines) is 1. The number of nitrogens with zero attached hydrogens (tertiary/aromatic N) is 5. The number of hydrogen-bond acceptors (Lipinski definition) is 6. The van der Waals surface area contributed by atoms with Crippen molar-refractivity contribution in [3.8, 4) is 17.0 Å². The molecular formula is C23H20F3N5O3. The van der Waals surface area contributed by atoms with Crippen molar-refractivity contribution in [3.05, 3.63) is 59.3 Å². The van der Waals surface area contributed by atoms with Crippen molar-refractivity contribution in [1.82, 2.24) is 24.6 Å². The standard InChI is InChI=1S/C23H20F3N5O3/c24-23(25,26)16-11-27-20-19(28-16)22(13-34-20)7-4-8-30(22)21(32)18-17(14-5-2-1-3-6-14)15-12-33-10-9-31(15)29-18/h1-3,5-6,11H,4,7-10,12-13H2/t22-/m0/s1. The van der Waals surface area contributed by atoms with Gasteiger partial charge in [0.1, 0.15) is 17.8 Å². The van der Waals surface area contributed by atoms with Gasteiger partial charge in [-0.3, -0.25) is 9.48 Å². The Labute approximate surface area is 192 Å². The molecule has 2 aromatic heterocycles. The number of halogens is 3. The zero-order valence-corrected chi connectivity index (χ0v) is 18.0. The van der Waals surface area contributed by atoms with E-state index in [4.69, 9.17) is 9.47 Å². The lowest BCUT2D eigenvalue weighted by Crippen LogP contribution is -2.47. The molecule has 0 saturated carbocycles. The van der Waals surface area contributed by atoms with Crippen molar-refractivity contribution in [2.75, 3.05) is 19.8 Å². The fraction of sp³-hybridized carbons (Fsp3) is 0.391. The fourth-order valence-corrected chi connectivity index (χ4v) is 5.08. The van der Waals surface area contributed by atoms with Crippen molar-refractivity contribution >= 4 is 5.91 Å².